The molecule has 0 spiro atoms. The van der Waals surface area contributed by atoms with Crippen LogP contribution in [-0.4, -0.2) is 35.7 Å². The van der Waals surface area contributed by atoms with Crippen molar-refractivity contribution in [3.63, 3.8) is 0 Å². The molecular weight excluding hydrogens is 360 g/mol. The van der Waals surface area contributed by atoms with Crippen LogP contribution >= 0.6 is 0 Å². The minimum absolute atomic E-state index is 0.0116. The maximum absolute atomic E-state index is 10.3. The zero-order valence-corrected chi connectivity index (χ0v) is 14.4. The lowest BCUT2D eigenvalue weighted by atomic mass is 9.90. The second kappa shape index (κ2) is 5.56. The normalized spacial score (nSPS) is 23.4. The standard InChI is InChI=1S/C18H18O9/c1-4-6-3-26-16(8(6)12(21)14(23)10(4)19)17-9-7(18(25)27-17)5(2)11(20)15(24)13(9)22/h16-25H,3H2,1-2H3/t16-,17+,18?/m1/s1. The van der Waals surface area contributed by atoms with Gasteiger partial charge >= 0.3 is 0 Å². The van der Waals surface area contributed by atoms with Crippen LogP contribution in [0.15, 0.2) is 0 Å². The molecule has 4 rings (SSSR count). The third-order valence-electron chi connectivity index (χ3n) is 5.36. The molecule has 9 heteroatoms. The van der Waals surface area contributed by atoms with Gasteiger partial charge in [0.05, 0.1) is 6.61 Å². The predicted octanol–water partition coefficient (Wildman–Crippen LogP) is 1.87. The van der Waals surface area contributed by atoms with Crippen molar-refractivity contribution in [3.05, 3.63) is 33.4 Å². The molecule has 0 saturated heterocycles. The van der Waals surface area contributed by atoms with E-state index in [0.717, 1.165) is 0 Å². The Bertz CT molecular complexity index is 982. The van der Waals surface area contributed by atoms with Crippen molar-refractivity contribution in [3.8, 4) is 34.5 Å². The average molecular weight is 378 g/mol. The summed E-state index contributed by atoms with van der Waals surface area (Å²) >= 11 is 0. The van der Waals surface area contributed by atoms with E-state index in [1.807, 2.05) is 0 Å². The van der Waals surface area contributed by atoms with Gasteiger partial charge in [0.15, 0.2) is 29.3 Å². The van der Waals surface area contributed by atoms with Gasteiger partial charge in [-0.3, -0.25) is 0 Å². The summed E-state index contributed by atoms with van der Waals surface area (Å²) in [4.78, 5) is 0. The minimum Gasteiger partial charge on any atom is -0.504 e. The lowest BCUT2D eigenvalue weighted by Gasteiger charge is -2.22. The smallest absolute Gasteiger partial charge is 0.200 e. The molecule has 0 aliphatic carbocycles. The van der Waals surface area contributed by atoms with Gasteiger partial charge in [-0.25, -0.2) is 0 Å². The van der Waals surface area contributed by atoms with Gasteiger partial charge in [-0.15, -0.1) is 0 Å². The van der Waals surface area contributed by atoms with Crippen molar-refractivity contribution < 1.29 is 45.2 Å². The Labute approximate surface area is 152 Å². The first kappa shape index (κ1) is 17.5. The molecule has 0 fully saturated rings. The van der Waals surface area contributed by atoms with Crippen LogP contribution in [-0.2, 0) is 16.1 Å². The van der Waals surface area contributed by atoms with Gasteiger partial charge < -0.3 is 45.2 Å². The van der Waals surface area contributed by atoms with Gasteiger partial charge in [-0.1, -0.05) is 0 Å². The van der Waals surface area contributed by atoms with Crippen LogP contribution in [0.4, 0.5) is 0 Å². The topological polar surface area (TPSA) is 160 Å². The average Bonchev–Trinajstić information content (AvgIpc) is 3.22. The molecule has 9 nitrogen and oxygen atoms in total. The summed E-state index contributed by atoms with van der Waals surface area (Å²) in [5, 5.41) is 70.7. The molecule has 7 N–H and O–H groups in total. The summed E-state index contributed by atoms with van der Waals surface area (Å²) in [5.74, 6) is -3.80. The molecule has 144 valence electrons. The van der Waals surface area contributed by atoms with Crippen LogP contribution in [0.25, 0.3) is 0 Å². The molecule has 0 saturated carbocycles. The molecule has 2 heterocycles. The molecule has 27 heavy (non-hydrogen) atoms. The lowest BCUT2D eigenvalue weighted by Crippen LogP contribution is -2.11. The van der Waals surface area contributed by atoms with Crippen LogP contribution in [0.1, 0.15) is 51.9 Å². The number of benzene rings is 2. The zero-order valence-electron chi connectivity index (χ0n) is 14.4. The van der Waals surface area contributed by atoms with Crippen molar-refractivity contribution in [2.24, 2.45) is 0 Å². The summed E-state index contributed by atoms with van der Waals surface area (Å²) in [5.41, 5.74) is 1.14. The van der Waals surface area contributed by atoms with Crippen LogP contribution in [0.5, 0.6) is 34.5 Å². The quantitative estimate of drug-likeness (QED) is 0.367. The highest BCUT2D eigenvalue weighted by Gasteiger charge is 2.47. The van der Waals surface area contributed by atoms with E-state index >= 15 is 0 Å². The van der Waals surface area contributed by atoms with Crippen LogP contribution in [0, 0.1) is 13.8 Å². The fourth-order valence-electron chi connectivity index (χ4n) is 3.87. The number of hydrogen-bond donors (Lipinski definition) is 7. The van der Waals surface area contributed by atoms with Crippen LogP contribution in [0.3, 0.4) is 0 Å². The van der Waals surface area contributed by atoms with Gasteiger partial charge in [0, 0.05) is 27.8 Å². The van der Waals surface area contributed by atoms with Gasteiger partial charge in [-0.05, 0) is 19.4 Å². The Hall–Kier alpha value is -2.88. The van der Waals surface area contributed by atoms with Crippen LogP contribution in [0.2, 0.25) is 0 Å². The molecule has 2 aliphatic heterocycles. The Kier molecular flexibility index (Phi) is 3.61. The molecular formula is C18H18O9. The van der Waals surface area contributed by atoms with Gasteiger partial charge in [-0.2, -0.15) is 0 Å². The fourth-order valence-corrected chi connectivity index (χ4v) is 3.87. The Morgan fingerprint density at radius 1 is 0.667 bits per heavy atom. The molecule has 1 unspecified atom stereocenters. The molecule has 2 aromatic rings. The minimum atomic E-state index is -1.51. The van der Waals surface area contributed by atoms with E-state index in [4.69, 9.17) is 9.47 Å². The second-order valence-electron chi connectivity index (χ2n) is 6.70. The third-order valence-corrected chi connectivity index (χ3v) is 5.36. The molecule has 0 aromatic heterocycles. The summed E-state index contributed by atoms with van der Waals surface area (Å²) in [6, 6.07) is 0. The number of phenolic OH excluding ortho intramolecular Hbond substituents is 6. The maximum Gasteiger partial charge on any atom is 0.200 e. The monoisotopic (exact) mass is 378 g/mol. The largest absolute Gasteiger partial charge is 0.504 e. The first-order chi connectivity index (χ1) is 12.7. The number of aliphatic hydroxyl groups is 1. The summed E-state index contributed by atoms with van der Waals surface area (Å²) in [6.07, 6.45) is -3.70. The maximum atomic E-state index is 10.3. The van der Waals surface area contributed by atoms with E-state index in [0.29, 0.717) is 11.1 Å². The fraction of sp³-hybridized carbons (Fsp3) is 0.333. The highest BCUT2D eigenvalue weighted by Crippen LogP contribution is 2.60. The van der Waals surface area contributed by atoms with Crippen molar-refractivity contribution in [2.45, 2.75) is 39.0 Å². The number of ether oxygens (including phenoxy) is 2. The van der Waals surface area contributed by atoms with Crippen molar-refractivity contribution in [1.29, 1.82) is 0 Å². The molecule has 0 amide bonds. The Morgan fingerprint density at radius 2 is 1.22 bits per heavy atom. The highest BCUT2D eigenvalue weighted by molar-refractivity contribution is 5.66. The van der Waals surface area contributed by atoms with Crippen molar-refractivity contribution >= 4 is 0 Å². The third kappa shape index (κ3) is 2.10. The number of hydrogen-bond acceptors (Lipinski definition) is 9. The van der Waals surface area contributed by atoms with E-state index in [2.05, 4.69) is 0 Å². The van der Waals surface area contributed by atoms with Crippen molar-refractivity contribution in [1.82, 2.24) is 0 Å². The first-order valence-electron chi connectivity index (χ1n) is 8.15. The number of aliphatic hydroxyl groups excluding tert-OH is 1. The van der Waals surface area contributed by atoms with E-state index < -0.39 is 53.0 Å². The first-order valence-corrected chi connectivity index (χ1v) is 8.15. The zero-order chi connectivity index (χ0) is 19.8. The van der Waals surface area contributed by atoms with E-state index in [1.165, 1.54) is 6.92 Å². The summed E-state index contributed by atoms with van der Waals surface area (Å²) in [7, 11) is 0. The Morgan fingerprint density at radius 3 is 1.85 bits per heavy atom. The van der Waals surface area contributed by atoms with E-state index in [1.54, 1.807) is 6.92 Å². The molecule has 0 bridgehead atoms. The lowest BCUT2D eigenvalue weighted by molar-refractivity contribution is -0.161. The Balaban J connectivity index is 1.92. The highest BCUT2D eigenvalue weighted by atomic mass is 16.6. The second-order valence-corrected chi connectivity index (χ2v) is 6.70. The van der Waals surface area contributed by atoms with Gasteiger partial charge in [0.2, 0.25) is 11.5 Å². The van der Waals surface area contributed by atoms with Gasteiger partial charge in [0.25, 0.3) is 0 Å². The molecule has 3 atom stereocenters. The van der Waals surface area contributed by atoms with Gasteiger partial charge in [0.1, 0.15) is 12.2 Å². The van der Waals surface area contributed by atoms with Crippen LogP contribution < -0.4 is 0 Å². The summed E-state index contributed by atoms with van der Waals surface area (Å²) < 4.78 is 11.2. The van der Waals surface area contributed by atoms with Crippen molar-refractivity contribution in [2.75, 3.05) is 0 Å². The van der Waals surface area contributed by atoms with E-state index in [9.17, 15) is 35.7 Å². The molecule has 2 aliphatic rings. The molecule has 2 aromatic carbocycles. The number of phenols is 6. The molecule has 0 radical (unpaired) electrons. The number of fused-ring (bicyclic) bond motifs is 2. The number of rotatable bonds is 1. The summed E-state index contributed by atoms with van der Waals surface area (Å²) in [6.45, 7) is 2.97. The van der Waals surface area contributed by atoms with E-state index in [-0.39, 0.29) is 28.9 Å². The SMILES string of the molecule is Cc1c(O)c(O)c(O)c2c1CO[C@H]2[C@H]1OC(O)c2c(C)c(O)c(O)c(O)c21. The number of aromatic hydroxyl groups is 6. The predicted molar refractivity (Wildman–Crippen MR) is 88.7 cm³/mol.